The van der Waals surface area contributed by atoms with E-state index in [9.17, 15) is 4.79 Å². The summed E-state index contributed by atoms with van der Waals surface area (Å²) < 4.78 is 16.6. The fraction of sp³-hybridized carbons (Fsp3) is 0.176. The molecule has 0 aliphatic carbocycles. The smallest absolute Gasteiger partial charge is 0.243 e. The molecule has 2 aromatic rings. The lowest BCUT2D eigenvalue weighted by atomic mass is 10.1. The van der Waals surface area contributed by atoms with Crippen molar-refractivity contribution in [1.29, 1.82) is 0 Å². The molecule has 0 fully saturated rings. The van der Waals surface area contributed by atoms with E-state index in [0.717, 1.165) is 11.1 Å². The number of hydrogen-bond donors (Lipinski definition) is 0. The summed E-state index contributed by atoms with van der Waals surface area (Å²) in [4.78, 5) is 12.0. The molecule has 2 aromatic carbocycles. The minimum Gasteiger partial charge on any atom is -0.454 e. The number of halogens is 1. The molecule has 0 saturated carbocycles. The molecule has 0 saturated heterocycles. The predicted octanol–water partition coefficient (Wildman–Crippen LogP) is 3.31. The van der Waals surface area contributed by atoms with E-state index >= 15 is 0 Å². The first-order valence-electron chi connectivity index (χ1n) is 7.32. The highest BCUT2D eigenvalue weighted by Gasteiger charge is 2.34. The Morgan fingerprint density at radius 2 is 1.92 bits per heavy atom. The summed E-state index contributed by atoms with van der Waals surface area (Å²) in [6.07, 6.45) is -0.650. The molecular weight excluding hydrogens is 332 g/mol. The van der Waals surface area contributed by atoms with Crippen LogP contribution in [0.1, 0.15) is 24.3 Å². The Hall–Kier alpha value is -2.73. The third-order valence-electron chi connectivity index (χ3n) is 3.74. The largest absolute Gasteiger partial charge is 0.454 e. The van der Waals surface area contributed by atoms with Gasteiger partial charge in [0.05, 0.1) is 0 Å². The molecule has 0 bridgehead atoms. The molecule has 24 heavy (non-hydrogen) atoms. The van der Waals surface area contributed by atoms with Crippen molar-refractivity contribution < 1.29 is 19.0 Å². The minimum atomic E-state index is -0.650. The fourth-order valence-corrected chi connectivity index (χ4v) is 2.69. The summed E-state index contributed by atoms with van der Waals surface area (Å²) in [5, 5.41) is 6.23. The van der Waals surface area contributed by atoms with Crippen molar-refractivity contribution in [2.24, 2.45) is 5.10 Å². The second-order valence-electron chi connectivity index (χ2n) is 5.36. The van der Waals surface area contributed by atoms with Gasteiger partial charge in [-0.15, -0.1) is 5.10 Å². The SMILES string of the molecule is CC(=O)N1N=C(c2ccc(Cl)cc2)O[C@H]1c1ccc2c(c1)OCO2. The van der Waals surface area contributed by atoms with E-state index in [1.54, 1.807) is 36.4 Å². The molecular formula is C17H13ClN2O4. The van der Waals surface area contributed by atoms with Crippen LogP contribution in [0.2, 0.25) is 5.02 Å². The van der Waals surface area contributed by atoms with Crippen LogP contribution < -0.4 is 9.47 Å². The number of hydrogen-bond acceptors (Lipinski definition) is 5. The lowest BCUT2D eigenvalue weighted by Crippen LogP contribution is -2.25. The average molecular weight is 345 g/mol. The van der Waals surface area contributed by atoms with Crippen molar-refractivity contribution >= 4 is 23.4 Å². The van der Waals surface area contributed by atoms with Gasteiger partial charge in [-0.3, -0.25) is 4.79 Å². The quantitative estimate of drug-likeness (QED) is 0.838. The first-order valence-corrected chi connectivity index (χ1v) is 7.70. The number of benzene rings is 2. The number of fused-ring (bicyclic) bond motifs is 1. The lowest BCUT2D eigenvalue weighted by Gasteiger charge is -2.19. The van der Waals surface area contributed by atoms with Gasteiger partial charge < -0.3 is 14.2 Å². The zero-order valence-corrected chi connectivity index (χ0v) is 13.5. The summed E-state index contributed by atoms with van der Waals surface area (Å²) in [5.41, 5.74) is 1.50. The van der Waals surface area contributed by atoms with Gasteiger partial charge in [0.15, 0.2) is 11.5 Å². The van der Waals surface area contributed by atoms with Crippen LogP contribution in [-0.2, 0) is 9.53 Å². The standard InChI is InChI=1S/C17H13ClN2O4/c1-10(21)20-17(12-4-7-14-15(8-12)23-9-22-14)24-16(19-20)11-2-5-13(18)6-3-11/h2-8,17H,9H2,1H3/t17-/m0/s1. The molecule has 1 amide bonds. The van der Waals surface area contributed by atoms with Crippen molar-refractivity contribution in [1.82, 2.24) is 5.01 Å². The summed E-state index contributed by atoms with van der Waals surface area (Å²) in [6.45, 7) is 1.63. The molecule has 0 aromatic heterocycles. The summed E-state index contributed by atoms with van der Waals surface area (Å²) in [6, 6.07) is 12.5. The molecule has 2 heterocycles. The number of hydrazone groups is 1. The maximum atomic E-state index is 12.0. The van der Waals surface area contributed by atoms with Crippen LogP contribution in [0, 0.1) is 0 Å². The van der Waals surface area contributed by atoms with E-state index in [1.165, 1.54) is 11.9 Å². The average Bonchev–Trinajstić information content (AvgIpc) is 3.21. The Morgan fingerprint density at radius 1 is 1.17 bits per heavy atom. The van der Waals surface area contributed by atoms with Gasteiger partial charge in [-0.1, -0.05) is 11.6 Å². The Labute approximate surface area is 143 Å². The van der Waals surface area contributed by atoms with Gasteiger partial charge in [0, 0.05) is 23.1 Å². The van der Waals surface area contributed by atoms with Crippen LogP contribution >= 0.6 is 11.6 Å². The van der Waals surface area contributed by atoms with Crippen molar-refractivity contribution in [3.05, 3.63) is 58.6 Å². The second-order valence-corrected chi connectivity index (χ2v) is 5.79. The van der Waals surface area contributed by atoms with Crippen molar-refractivity contribution in [2.75, 3.05) is 6.79 Å². The highest BCUT2D eigenvalue weighted by atomic mass is 35.5. The highest BCUT2D eigenvalue weighted by molar-refractivity contribution is 6.30. The molecule has 122 valence electrons. The normalized spacial score (nSPS) is 18.3. The van der Waals surface area contributed by atoms with Crippen molar-refractivity contribution in [3.63, 3.8) is 0 Å². The van der Waals surface area contributed by atoms with Gasteiger partial charge in [-0.25, -0.2) is 0 Å². The number of amides is 1. The highest BCUT2D eigenvalue weighted by Crippen LogP contribution is 2.38. The van der Waals surface area contributed by atoms with Gasteiger partial charge in [0.25, 0.3) is 0 Å². The first kappa shape index (κ1) is 14.8. The van der Waals surface area contributed by atoms with Crippen LogP contribution in [0.3, 0.4) is 0 Å². The van der Waals surface area contributed by atoms with E-state index in [4.69, 9.17) is 25.8 Å². The minimum absolute atomic E-state index is 0.188. The van der Waals surface area contributed by atoms with E-state index in [1.807, 2.05) is 6.07 Å². The van der Waals surface area contributed by atoms with Crippen LogP contribution in [0.15, 0.2) is 47.6 Å². The van der Waals surface area contributed by atoms with Gasteiger partial charge in [0.1, 0.15) is 0 Å². The van der Waals surface area contributed by atoms with Gasteiger partial charge in [0.2, 0.25) is 24.8 Å². The summed E-state index contributed by atoms with van der Waals surface area (Å²) in [7, 11) is 0. The van der Waals surface area contributed by atoms with Crippen molar-refractivity contribution in [2.45, 2.75) is 13.2 Å². The fourth-order valence-electron chi connectivity index (χ4n) is 2.56. The molecule has 2 aliphatic rings. The van der Waals surface area contributed by atoms with E-state index in [2.05, 4.69) is 5.10 Å². The molecule has 0 radical (unpaired) electrons. The maximum Gasteiger partial charge on any atom is 0.243 e. The Balaban J connectivity index is 1.67. The first-order chi connectivity index (χ1) is 11.6. The molecule has 0 N–H and O–H groups in total. The number of carbonyl (C=O) groups is 1. The molecule has 2 aliphatic heterocycles. The Kier molecular flexibility index (Phi) is 3.54. The predicted molar refractivity (Wildman–Crippen MR) is 86.9 cm³/mol. The van der Waals surface area contributed by atoms with Crippen LogP contribution in [0.4, 0.5) is 0 Å². The van der Waals surface area contributed by atoms with Crippen molar-refractivity contribution in [3.8, 4) is 11.5 Å². The van der Waals surface area contributed by atoms with E-state index < -0.39 is 6.23 Å². The molecule has 4 rings (SSSR count). The zero-order chi connectivity index (χ0) is 16.7. The maximum absolute atomic E-state index is 12.0. The summed E-state index contributed by atoms with van der Waals surface area (Å²) in [5.74, 6) is 1.44. The van der Waals surface area contributed by atoms with E-state index in [0.29, 0.717) is 22.4 Å². The van der Waals surface area contributed by atoms with Gasteiger partial charge >= 0.3 is 0 Å². The molecule has 6 nitrogen and oxygen atoms in total. The summed E-state index contributed by atoms with van der Waals surface area (Å²) >= 11 is 5.91. The molecule has 0 spiro atoms. The number of carbonyl (C=O) groups excluding carboxylic acids is 1. The second kappa shape index (κ2) is 5.72. The van der Waals surface area contributed by atoms with Crippen LogP contribution in [-0.4, -0.2) is 23.6 Å². The van der Waals surface area contributed by atoms with E-state index in [-0.39, 0.29) is 12.7 Å². The van der Waals surface area contributed by atoms with Crippen LogP contribution in [0.25, 0.3) is 0 Å². The topological polar surface area (TPSA) is 60.4 Å². The number of nitrogens with zero attached hydrogens (tertiary/aromatic N) is 2. The zero-order valence-electron chi connectivity index (χ0n) is 12.7. The third kappa shape index (κ3) is 2.55. The number of rotatable bonds is 2. The molecule has 1 atom stereocenters. The Morgan fingerprint density at radius 3 is 2.67 bits per heavy atom. The van der Waals surface area contributed by atoms with Gasteiger partial charge in [-0.05, 0) is 42.5 Å². The monoisotopic (exact) mass is 344 g/mol. The van der Waals surface area contributed by atoms with Gasteiger partial charge in [-0.2, -0.15) is 5.01 Å². The lowest BCUT2D eigenvalue weighted by molar-refractivity contribution is -0.135. The Bertz CT molecular complexity index is 835. The molecule has 7 heteroatoms. The molecule has 0 unspecified atom stereocenters. The number of ether oxygens (including phenoxy) is 3. The van der Waals surface area contributed by atoms with Crippen LogP contribution in [0.5, 0.6) is 11.5 Å². The third-order valence-corrected chi connectivity index (χ3v) is 3.99.